The molecule has 11 heteroatoms. The zero-order valence-electron chi connectivity index (χ0n) is 25.5. The number of rotatable bonds is 10. The van der Waals surface area contributed by atoms with Gasteiger partial charge in [0.05, 0.1) is 28.0 Å². The lowest BCUT2D eigenvalue weighted by atomic mass is 9.83. The molecule has 0 radical (unpaired) electrons. The maximum absolute atomic E-state index is 13.3. The Morgan fingerprint density at radius 1 is 1.09 bits per heavy atom. The van der Waals surface area contributed by atoms with Crippen LogP contribution >= 0.6 is 0 Å². The van der Waals surface area contributed by atoms with Crippen molar-refractivity contribution in [1.82, 2.24) is 20.7 Å². The second-order valence-corrected chi connectivity index (χ2v) is 15.2. The highest BCUT2D eigenvalue weighted by Crippen LogP contribution is 2.30. The highest BCUT2D eigenvalue weighted by Gasteiger charge is 2.39. The Balaban J connectivity index is 1.41. The third kappa shape index (κ3) is 7.90. The van der Waals surface area contributed by atoms with Gasteiger partial charge in [-0.2, -0.15) is 0 Å². The number of aromatic nitrogens is 1. The first-order chi connectivity index (χ1) is 20.2. The molecule has 43 heavy (non-hydrogen) atoms. The number of pyridine rings is 1. The van der Waals surface area contributed by atoms with Crippen molar-refractivity contribution in [2.75, 3.05) is 25.4 Å². The van der Waals surface area contributed by atoms with Gasteiger partial charge in [0.1, 0.15) is 11.9 Å². The lowest BCUT2D eigenvalue weighted by Crippen LogP contribution is -2.57. The Morgan fingerprint density at radius 3 is 2.37 bits per heavy atom. The number of sulfone groups is 1. The number of piperidine rings is 1. The summed E-state index contributed by atoms with van der Waals surface area (Å²) in [5.41, 5.74) is 4.04. The van der Waals surface area contributed by atoms with E-state index in [0.29, 0.717) is 43.8 Å². The van der Waals surface area contributed by atoms with Crippen molar-refractivity contribution < 1.29 is 28.0 Å². The highest BCUT2D eigenvalue weighted by molar-refractivity contribution is 7.92. The number of nitrogens with one attached hydrogen (secondary N) is 2. The molecule has 1 aliphatic rings. The number of hydrogen-bond donors (Lipinski definition) is 3. The van der Waals surface area contributed by atoms with Crippen LogP contribution in [0.3, 0.4) is 0 Å². The molecule has 2 heterocycles. The van der Waals surface area contributed by atoms with Crippen LogP contribution in [-0.2, 0) is 14.6 Å². The smallest absolute Gasteiger partial charge is 0.251 e. The number of hydroxylamine groups is 1. The van der Waals surface area contributed by atoms with E-state index in [-0.39, 0.29) is 24.2 Å². The van der Waals surface area contributed by atoms with E-state index in [2.05, 4.69) is 10.3 Å². The van der Waals surface area contributed by atoms with Crippen molar-refractivity contribution in [3.8, 4) is 5.75 Å². The van der Waals surface area contributed by atoms with E-state index in [4.69, 9.17) is 4.74 Å². The summed E-state index contributed by atoms with van der Waals surface area (Å²) in [4.78, 5) is 32.2. The maximum Gasteiger partial charge on any atom is 0.251 e. The molecule has 232 valence electrons. The minimum atomic E-state index is -3.26. The second-order valence-electron chi connectivity index (χ2n) is 12.4. The van der Waals surface area contributed by atoms with Gasteiger partial charge in [-0.25, -0.2) is 13.9 Å². The molecule has 1 aliphatic heterocycles. The van der Waals surface area contributed by atoms with E-state index in [1.807, 2.05) is 49.1 Å². The summed E-state index contributed by atoms with van der Waals surface area (Å²) in [6.45, 7) is 10.4. The topological polar surface area (TPSA) is 138 Å². The van der Waals surface area contributed by atoms with E-state index >= 15 is 0 Å². The lowest BCUT2D eigenvalue weighted by Gasteiger charge is -2.42. The number of likely N-dealkylation sites (tertiary alicyclic amines) is 1. The summed E-state index contributed by atoms with van der Waals surface area (Å²) in [7, 11) is -3.26. The molecule has 0 saturated carbocycles. The number of nitrogens with zero attached hydrogens (tertiary/aromatic N) is 2. The molecule has 1 fully saturated rings. The molecule has 10 nitrogen and oxygen atoms in total. The van der Waals surface area contributed by atoms with Crippen molar-refractivity contribution in [2.45, 2.75) is 70.3 Å². The molecule has 1 aromatic heterocycles. The molecular weight excluding hydrogens is 568 g/mol. The first kappa shape index (κ1) is 32.4. The molecule has 4 rings (SSSR count). The highest BCUT2D eigenvalue weighted by atomic mass is 32.2. The lowest BCUT2D eigenvalue weighted by molar-refractivity contribution is -0.131. The zero-order chi connectivity index (χ0) is 31.4. The number of carbonyl (C=O) groups is 2. The van der Waals surface area contributed by atoms with Crippen LogP contribution in [0.4, 0.5) is 0 Å². The Labute approximate surface area is 253 Å². The Kier molecular flexibility index (Phi) is 9.78. The van der Waals surface area contributed by atoms with Crippen molar-refractivity contribution in [1.29, 1.82) is 0 Å². The van der Waals surface area contributed by atoms with Crippen molar-refractivity contribution in [2.24, 2.45) is 0 Å². The zero-order valence-corrected chi connectivity index (χ0v) is 26.3. The van der Waals surface area contributed by atoms with Crippen molar-refractivity contribution in [3.63, 3.8) is 0 Å². The monoisotopic (exact) mass is 610 g/mol. The van der Waals surface area contributed by atoms with E-state index in [9.17, 15) is 23.2 Å². The fraction of sp³-hybridized carbons (Fsp3) is 0.469. The third-order valence-electron chi connectivity index (χ3n) is 8.17. The summed E-state index contributed by atoms with van der Waals surface area (Å²) in [6, 6.07) is 16.8. The van der Waals surface area contributed by atoms with E-state index in [1.165, 1.54) is 0 Å². The van der Waals surface area contributed by atoms with Gasteiger partial charge in [-0.3, -0.25) is 19.8 Å². The number of fused-ring (bicyclic) bond motifs is 1. The van der Waals surface area contributed by atoms with Crippen LogP contribution in [0.2, 0.25) is 0 Å². The van der Waals surface area contributed by atoms with Crippen LogP contribution in [0.25, 0.3) is 10.9 Å². The van der Waals surface area contributed by atoms with Gasteiger partial charge >= 0.3 is 0 Å². The summed E-state index contributed by atoms with van der Waals surface area (Å²) in [5.74, 6) is -0.294. The van der Waals surface area contributed by atoms with Crippen molar-refractivity contribution in [3.05, 3.63) is 71.4 Å². The van der Waals surface area contributed by atoms with Gasteiger partial charge in [-0.1, -0.05) is 18.2 Å². The van der Waals surface area contributed by atoms with E-state index in [1.54, 1.807) is 50.5 Å². The van der Waals surface area contributed by atoms with Gasteiger partial charge < -0.3 is 15.0 Å². The predicted molar refractivity (Wildman–Crippen MR) is 166 cm³/mol. The van der Waals surface area contributed by atoms with Crippen LogP contribution in [0.5, 0.6) is 5.75 Å². The van der Waals surface area contributed by atoms with Gasteiger partial charge in [0.2, 0.25) is 5.91 Å². The van der Waals surface area contributed by atoms with E-state index in [0.717, 1.165) is 22.2 Å². The minimum absolute atomic E-state index is 0.0387. The summed E-state index contributed by atoms with van der Waals surface area (Å²) >= 11 is 0. The first-order valence-corrected chi connectivity index (χ1v) is 16.2. The summed E-state index contributed by atoms with van der Waals surface area (Å²) < 4.78 is 30.5. The fourth-order valence-electron chi connectivity index (χ4n) is 5.40. The molecule has 1 atom stereocenters. The molecule has 1 unspecified atom stereocenters. The predicted octanol–water partition coefficient (Wildman–Crippen LogP) is 4.36. The first-order valence-electron chi connectivity index (χ1n) is 14.6. The van der Waals surface area contributed by atoms with E-state index < -0.39 is 26.0 Å². The molecule has 1 saturated heterocycles. The Morgan fingerprint density at radius 2 is 1.74 bits per heavy atom. The van der Waals surface area contributed by atoms with Crippen molar-refractivity contribution >= 4 is 32.6 Å². The molecular formula is C32H42N4O6S. The second kappa shape index (κ2) is 13.0. The van der Waals surface area contributed by atoms with Crippen LogP contribution in [0, 0.1) is 6.92 Å². The quantitative estimate of drug-likeness (QED) is 0.228. The summed E-state index contributed by atoms with van der Waals surface area (Å²) in [5, 5.41) is 13.2. The number of ether oxygens (including phenoxy) is 1. The molecule has 2 amide bonds. The molecule has 3 aromatic rings. The molecule has 3 N–H and O–H groups in total. The SMILES string of the molecule is Cc1cc(C(C)Oc2ccc(C(=O)NC3(CC(=O)NO)CCN(CCS(=O)(=O)C(C)(C)C)CC3)cc2)c2ccccc2n1. The summed E-state index contributed by atoms with van der Waals surface area (Å²) in [6.07, 6.45) is 0.510. The number of aryl methyl sites for hydroxylation is 1. The molecule has 0 aliphatic carbocycles. The van der Waals surface area contributed by atoms with Gasteiger partial charge in [0.25, 0.3) is 5.91 Å². The number of hydrogen-bond acceptors (Lipinski definition) is 8. The van der Waals surface area contributed by atoms with Crippen LogP contribution in [0.1, 0.15) is 74.7 Å². The average Bonchev–Trinajstić information content (AvgIpc) is 2.96. The molecule has 0 bridgehead atoms. The van der Waals surface area contributed by atoms with Crippen LogP contribution < -0.4 is 15.5 Å². The number of carbonyl (C=O) groups excluding carboxylic acids is 2. The standard InChI is InChI=1S/C32H42N4O6S/c1-22-20-27(26-8-6-7-9-28(26)33-22)23(2)42-25-12-10-24(11-13-25)30(38)34-32(21-29(37)35-39)14-16-36(17-15-32)18-19-43(40,41)31(3,4)5/h6-13,20,23,39H,14-19,21H2,1-5H3,(H,34,38)(H,35,37). The minimum Gasteiger partial charge on any atom is -0.486 e. The Bertz CT molecular complexity index is 1560. The largest absolute Gasteiger partial charge is 0.486 e. The van der Waals surface area contributed by atoms with Gasteiger partial charge in [0.15, 0.2) is 9.84 Å². The van der Waals surface area contributed by atoms with Gasteiger partial charge in [-0.15, -0.1) is 0 Å². The Hall–Kier alpha value is -3.54. The van der Waals surface area contributed by atoms with Gasteiger partial charge in [0, 0.05) is 41.8 Å². The fourth-order valence-corrected chi connectivity index (χ4v) is 6.51. The van der Waals surface area contributed by atoms with Crippen LogP contribution in [-0.4, -0.2) is 71.0 Å². The van der Waals surface area contributed by atoms with Crippen LogP contribution in [0.15, 0.2) is 54.6 Å². The molecule has 0 spiro atoms. The number of benzene rings is 2. The number of para-hydroxylation sites is 1. The average molecular weight is 611 g/mol. The third-order valence-corrected chi connectivity index (χ3v) is 10.8. The maximum atomic E-state index is 13.3. The van der Waals surface area contributed by atoms with Gasteiger partial charge in [-0.05, 0) is 83.9 Å². The molecule has 2 aromatic carbocycles. The normalized spacial score (nSPS) is 16.4. The number of amides is 2.